The maximum atomic E-state index is 14.2. The van der Waals surface area contributed by atoms with Crippen LogP contribution < -0.4 is 10.3 Å². The lowest BCUT2D eigenvalue weighted by Gasteiger charge is -2.26. The Kier molecular flexibility index (Phi) is 6.72. The van der Waals surface area contributed by atoms with Crippen molar-refractivity contribution < 1.29 is 27.5 Å². The van der Waals surface area contributed by atoms with E-state index >= 15 is 0 Å². The number of benzene rings is 1. The molecule has 0 unspecified atom stereocenters. The largest absolute Gasteiger partial charge is 0.496 e. The van der Waals surface area contributed by atoms with Crippen LogP contribution in [0.4, 0.5) is 8.78 Å². The molecular weight excluding hydrogens is 460 g/mol. The van der Waals surface area contributed by atoms with Crippen LogP contribution in [-0.2, 0) is 13.0 Å². The molecular formula is C25H25F2N3O5. The topological polar surface area (TPSA) is 85.0 Å². The Morgan fingerprint density at radius 2 is 1.80 bits per heavy atom. The number of nitrogens with zero attached hydrogens (tertiary/aromatic N) is 3. The molecule has 3 heterocycles. The van der Waals surface area contributed by atoms with E-state index < -0.39 is 40.6 Å². The van der Waals surface area contributed by atoms with Crippen LogP contribution in [-0.4, -0.2) is 53.4 Å². The molecule has 3 aromatic rings. The van der Waals surface area contributed by atoms with Crippen molar-refractivity contribution in [3.8, 4) is 5.75 Å². The average molecular weight is 485 g/mol. The van der Waals surface area contributed by atoms with E-state index in [1.807, 2.05) is 0 Å². The fourth-order valence-corrected chi connectivity index (χ4v) is 4.28. The number of pyridine rings is 1. The molecule has 0 saturated heterocycles. The molecule has 10 heteroatoms. The number of furan rings is 1. The Morgan fingerprint density at radius 3 is 2.43 bits per heavy atom. The number of carbonyl (C=O) groups is 2. The molecule has 4 rings (SSSR count). The van der Waals surface area contributed by atoms with E-state index in [1.54, 1.807) is 26.1 Å². The van der Waals surface area contributed by atoms with E-state index in [4.69, 9.17) is 9.15 Å². The first kappa shape index (κ1) is 24.2. The van der Waals surface area contributed by atoms with Gasteiger partial charge in [-0.05, 0) is 31.2 Å². The summed E-state index contributed by atoms with van der Waals surface area (Å²) in [5.74, 6) is -2.42. The van der Waals surface area contributed by atoms with Crippen molar-refractivity contribution in [3.63, 3.8) is 0 Å². The van der Waals surface area contributed by atoms with Gasteiger partial charge in [-0.15, -0.1) is 0 Å². The van der Waals surface area contributed by atoms with Gasteiger partial charge in [0.1, 0.15) is 34.3 Å². The second-order valence-corrected chi connectivity index (χ2v) is 8.27. The smallest absolute Gasteiger partial charge is 0.259 e. The number of rotatable bonds is 5. The highest BCUT2D eigenvalue weighted by Gasteiger charge is 2.31. The first-order valence-electron chi connectivity index (χ1n) is 11.1. The predicted molar refractivity (Wildman–Crippen MR) is 122 cm³/mol. The maximum absolute atomic E-state index is 14.2. The van der Waals surface area contributed by atoms with Gasteiger partial charge in [0.15, 0.2) is 0 Å². The van der Waals surface area contributed by atoms with Gasteiger partial charge in [0.2, 0.25) is 0 Å². The minimum absolute atomic E-state index is 0.0398. The maximum Gasteiger partial charge on any atom is 0.259 e. The molecule has 8 nitrogen and oxygen atoms in total. The molecule has 1 aliphatic heterocycles. The lowest BCUT2D eigenvalue weighted by molar-refractivity contribution is 0.0719. The Balaban J connectivity index is 1.69. The number of hydrogen-bond acceptors (Lipinski definition) is 5. The lowest BCUT2D eigenvalue weighted by atomic mass is 10.1. The molecule has 0 saturated carbocycles. The Hall–Kier alpha value is -3.95. The van der Waals surface area contributed by atoms with E-state index in [2.05, 4.69) is 0 Å². The fourth-order valence-electron chi connectivity index (χ4n) is 4.28. The first-order chi connectivity index (χ1) is 16.7. The summed E-state index contributed by atoms with van der Waals surface area (Å²) < 4.78 is 40.7. The van der Waals surface area contributed by atoms with Gasteiger partial charge >= 0.3 is 0 Å². The SMILES string of the molecule is COc1cc(=O)n2c(c1C(=O)N(C)[C@@H](C)c1ccco1)CCN(C(=O)c1c(F)cccc1F)CC2. The van der Waals surface area contributed by atoms with Crippen molar-refractivity contribution in [1.82, 2.24) is 14.4 Å². The molecule has 0 radical (unpaired) electrons. The molecule has 1 aliphatic rings. The summed E-state index contributed by atoms with van der Waals surface area (Å²) in [6, 6.07) is 7.54. The van der Waals surface area contributed by atoms with Gasteiger partial charge in [0.05, 0.1) is 19.4 Å². The van der Waals surface area contributed by atoms with Gasteiger partial charge in [0, 0.05) is 44.9 Å². The van der Waals surface area contributed by atoms with Gasteiger partial charge in [-0.25, -0.2) is 8.78 Å². The molecule has 1 atom stereocenters. The zero-order valence-corrected chi connectivity index (χ0v) is 19.6. The summed E-state index contributed by atoms with van der Waals surface area (Å²) in [5, 5.41) is 0. The highest BCUT2D eigenvalue weighted by molar-refractivity contribution is 5.98. The standard InChI is InChI=1S/C25H25F2N3O5/c1-15(19-8-5-13-35-19)28(2)24(32)23-18-9-10-29(11-12-30(18)21(31)14-20(23)34-3)25(33)22-16(26)6-4-7-17(22)27/h4-8,13-15H,9-12H2,1-3H3/t15-/m0/s1. The molecule has 0 aliphatic carbocycles. The predicted octanol–water partition coefficient (Wildman–Crippen LogP) is 3.26. The summed E-state index contributed by atoms with van der Waals surface area (Å²) in [7, 11) is 2.98. The highest BCUT2D eigenvalue weighted by atomic mass is 19.1. The third kappa shape index (κ3) is 4.43. The summed E-state index contributed by atoms with van der Waals surface area (Å²) in [6.45, 7) is 1.95. The minimum Gasteiger partial charge on any atom is -0.496 e. The number of aromatic nitrogens is 1. The third-order valence-electron chi connectivity index (χ3n) is 6.35. The number of amides is 2. The average Bonchev–Trinajstić information content (AvgIpc) is 3.29. The first-order valence-corrected chi connectivity index (χ1v) is 11.1. The Bertz CT molecular complexity index is 1300. The van der Waals surface area contributed by atoms with Crippen LogP contribution in [0.1, 0.15) is 45.1 Å². The normalized spacial score (nSPS) is 14.1. The molecule has 0 N–H and O–H groups in total. The van der Waals surface area contributed by atoms with E-state index in [0.717, 1.165) is 12.1 Å². The fraction of sp³-hybridized carbons (Fsp3) is 0.320. The number of ether oxygens (including phenoxy) is 1. The molecule has 0 fully saturated rings. The number of methoxy groups -OCH3 is 1. The molecule has 1 aromatic carbocycles. The van der Waals surface area contributed by atoms with Gasteiger partial charge < -0.3 is 23.5 Å². The van der Waals surface area contributed by atoms with Crippen molar-refractivity contribution in [2.75, 3.05) is 27.2 Å². The number of halogens is 2. The number of fused-ring (bicyclic) bond motifs is 1. The van der Waals surface area contributed by atoms with E-state index in [-0.39, 0.29) is 37.4 Å². The van der Waals surface area contributed by atoms with E-state index in [1.165, 1.54) is 39.9 Å². The molecule has 2 amide bonds. The van der Waals surface area contributed by atoms with Gasteiger partial charge in [-0.3, -0.25) is 14.4 Å². The second-order valence-electron chi connectivity index (χ2n) is 8.27. The summed E-state index contributed by atoms with van der Waals surface area (Å²) >= 11 is 0. The van der Waals surface area contributed by atoms with Gasteiger partial charge in [-0.2, -0.15) is 0 Å². The molecule has 2 aromatic heterocycles. The van der Waals surface area contributed by atoms with E-state index in [0.29, 0.717) is 11.5 Å². The molecule has 0 spiro atoms. The number of hydrogen-bond donors (Lipinski definition) is 0. The zero-order valence-electron chi connectivity index (χ0n) is 19.6. The van der Waals surface area contributed by atoms with Crippen LogP contribution in [0.3, 0.4) is 0 Å². The molecule has 184 valence electrons. The number of carbonyl (C=O) groups excluding carboxylic acids is 2. The van der Waals surface area contributed by atoms with Crippen LogP contribution in [0.2, 0.25) is 0 Å². The zero-order chi connectivity index (χ0) is 25.3. The summed E-state index contributed by atoms with van der Waals surface area (Å²) in [4.78, 5) is 42.1. The molecule has 0 bridgehead atoms. The second kappa shape index (κ2) is 9.73. The summed E-state index contributed by atoms with van der Waals surface area (Å²) in [6.07, 6.45) is 1.63. The minimum atomic E-state index is -0.958. The van der Waals surface area contributed by atoms with Crippen molar-refractivity contribution in [1.29, 1.82) is 0 Å². The Labute approximate surface area is 200 Å². The van der Waals surface area contributed by atoms with Gasteiger partial charge in [-0.1, -0.05) is 6.07 Å². The van der Waals surface area contributed by atoms with Gasteiger partial charge in [0.25, 0.3) is 17.4 Å². The third-order valence-corrected chi connectivity index (χ3v) is 6.35. The van der Waals surface area contributed by atoms with Crippen LogP contribution >= 0.6 is 0 Å². The highest BCUT2D eigenvalue weighted by Crippen LogP contribution is 2.28. The van der Waals surface area contributed by atoms with Crippen molar-refractivity contribution in [3.05, 3.63) is 87.2 Å². The Morgan fingerprint density at radius 1 is 1.09 bits per heavy atom. The van der Waals surface area contributed by atoms with Crippen LogP contribution in [0, 0.1) is 11.6 Å². The van der Waals surface area contributed by atoms with Crippen molar-refractivity contribution >= 4 is 11.8 Å². The van der Waals surface area contributed by atoms with Crippen LogP contribution in [0.5, 0.6) is 5.75 Å². The monoisotopic (exact) mass is 485 g/mol. The lowest BCUT2D eigenvalue weighted by Crippen LogP contribution is -2.35. The van der Waals surface area contributed by atoms with Crippen LogP contribution in [0.25, 0.3) is 0 Å². The molecule has 35 heavy (non-hydrogen) atoms. The quantitative estimate of drug-likeness (QED) is 0.554. The van der Waals surface area contributed by atoms with Crippen molar-refractivity contribution in [2.24, 2.45) is 0 Å². The van der Waals surface area contributed by atoms with Crippen molar-refractivity contribution in [2.45, 2.75) is 25.9 Å². The van der Waals surface area contributed by atoms with Crippen LogP contribution in [0.15, 0.2) is 51.9 Å². The van der Waals surface area contributed by atoms with E-state index in [9.17, 15) is 23.2 Å². The summed E-state index contributed by atoms with van der Waals surface area (Å²) in [5.41, 5.74) is -0.463.